The highest BCUT2D eigenvalue weighted by atomic mass is 19.1. The van der Waals surface area contributed by atoms with Gasteiger partial charge in [-0.1, -0.05) is 24.3 Å². The number of hydrazine groups is 1. The molecule has 2 unspecified atom stereocenters. The summed E-state index contributed by atoms with van der Waals surface area (Å²) in [5.41, 5.74) is 6.23. The zero-order valence-electron chi connectivity index (χ0n) is 12.2. The van der Waals surface area contributed by atoms with Gasteiger partial charge in [-0.05, 0) is 42.7 Å². The second-order valence-electron chi connectivity index (χ2n) is 5.59. The van der Waals surface area contributed by atoms with Crippen molar-refractivity contribution in [2.75, 3.05) is 0 Å². The maximum absolute atomic E-state index is 14.4. The molecule has 2 atom stereocenters. The summed E-state index contributed by atoms with van der Waals surface area (Å²) in [4.78, 5) is 0. The van der Waals surface area contributed by atoms with Gasteiger partial charge in [0, 0.05) is 12.0 Å². The molecule has 0 spiro atoms. The summed E-state index contributed by atoms with van der Waals surface area (Å²) in [5, 5.41) is 0. The lowest BCUT2D eigenvalue weighted by atomic mass is 9.93. The van der Waals surface area contributed by atoms with Crippen LogP contribution in [0.3, 0.4) is 0 Å². The van der Waals surface area contributed by atoms with Crippen molar-refractivity contribution < 1.29 is 9.13 Å². The first-order valence-corrected chi connectivity index (χ1v) is 7.07. The van der Waals surface area contributed by atoms with Gasteiger partial charge in [-0.2, -0.15) is 0 Å². The van der Waals surface area contributed by atoms with Crippen LogP contribution >= 0.6 is 0 Å². The van der Waals surface area contributed by atoms with Crippen LogP contribution < -0.4 is 16.0 Å². The summed E-state index contributed by atoms with van der Waals surface area (Å²) in [6, 6.07) is 11.0. The Kier molecular flexibility index (Phi) is 3.66. The third-order valence-corrected chi connectivity index (χ3v) is 4.02. The van der Waals surface area contributed by atoms with Crippen LogP contribution in [-0.4, -0.2) is 6.10 Å². The minimum Gasteiger partial charge on any atom is -0.488 e. The van der Waals surface area contributed by atoms with Crippen LogP contribution in [0.5, 0.6) is 5.75 Å². The van der Waals surface area contributed by atoms with Crippen LogP contribution in [0.15, 0.2) is 36.4 Å². The Bertz CT molecular complexity index is 624. The summed E-state index contributed by atoms with van der Waals surface area (Å²) < 4.78 is 20.3. The average molecular weight is 286 g/mol. The fourth-order valence-corrected chi connectivity index (χ4v) is 3.09. The van der Waals surface area contributed by atoms with Gasteiger partial charge in [0.25, 0.3) is 0 Å². The molecule has 110 valence electrons. The highest BCUT2D eigenvalue weighted by Gasteiger charge is 2.33. The molecule has 2 aromatic rings. The Morgan fingerprint density at radius 1 is 1.29 bits per heavy atom. The van der Waals surface area contributed by atoms with Gasteiger partial charge in [0.2, 0.25) is 0 Å². The molecule has 0 saturated carbocycles. The molecule has 3 N–H and O–H groups in total. The first-order chi connectivity index (χ1) is 10.1. The third kappa shape index (κ3) is 2.52. The molecular weight excluding hydrogens is 267 g/mol. The summed E-state index contributed by atoms with van der Waals surface area (Å²) in [7, 11) is 0. The quantitative estimate of drug-likeness (QED) is 0.673. The van der Waals surface area contributed by atoms with Gasteiger partial charge in [0.05, 0.1) is 6.04 Å². The normalized spacial score (nSPS) is 18.2. The fraction of sp³-hybridized carbons (Fsp3) is 0.294. The minimum atomic E-state index is -0.377. The molecule has 0 radical (unpaired) electrons. The second-order valence-corrected chi connectivity index (χ2v) is 5.59. The molecule has 4 heteroatoms. The van der Waals surface area contributed by atoms with Crippen molar-refractivity contribution in [3.63, 3.8) is 0 Å². The molecule has 1 aliphatic heterocycles. The Labute approximate surface area is 123 Å². The van der Waals surface area contributed by atoms with Gasteiger partial charge >= 0.3 is 0 Å². The van der Waals surface area contributed by atoms with Crippen molar-refractivity contribution in [3.05, 3.63) is 64.5 Å². The van der Waals surface area contributed by atoms with Crippen molar-refractivity contribution >= 4 is 0 Å². The van der Waals surface area contributed by atoms with Gasteiger partial charge in [-0.3, -0.25) is 5.84 Å². The number of rotatable bonds is 3. The Morgan fingerprint density at radius 3 is 2.71 bits per heavy atom. The molecule has 3 nitrogen and oxygen atoms in total. The van der Waals surface area contributed by atoms with Gasteiger partial charge in [0.15, 0.2) is 0 Å². The maximum atomic E-state index is 14.4. The average Bonchev–Trinajstić information content (AvgIpc) is 2.85. The standard InChI is InChI=1S/C17H19FN2O/c1-10-7-11(2)16(13(18)8-10)17(20-19)15-9-12-5-3-4-6-14(12)21-15/h3-8,15,17,20H,9,19H2,1-2H3. The molecule has 0 saturated heterocycles. The van der Waals surface area contributed by atoms with E-state index in [1.165, 1.54) is 6.07 Å². The van der Waals surface area contributed by atoms with Crippen LogP contribution in [-0.2, 0) is 6.42 Å². The molecule has 1 aliphatic rings. The monoisotopic (exact) mass is 286 g/mol. The van der Waals surface area contributed by atoms with Crippen LogP contribution in [0, 0.1) is 19.7 Å². The van der Waals surface area contributed by atoms with Crippen LogP contribution in [0.4, 0.5) is 4.39 Å². The number of hydrogen-bond donors (Lipinski definition) is 2. The number of nitrogens with one attached hydrogen (secondary N) is 1. The number of para-hydroxylation sites is 1. The fourth-order valence-electron chi connectivity index (χ4n) is 3.09. The molecule has 1 heterocycles. The predicted molar refractivity (Wildman–Crippen MR) is 80.5 cm³/mol. The highest BCUT2D eigenvalue weighted by Crippen LogP contribution is 2.35. The highest BCUT2D eigenvalue weighted by molar-refractivity contribution is 5.40. The van der Waals surface area contributed by atoms with Gasteiger partial charge < -0.3 is 4.74 Å². The van der Waals surface area contributed by atoms with Crippen molar-refractivity contribution in [1.29, 1.82) is 0 Å². The van der Waals surface area contributed by atoms with Gasteiger partial charge in [0.1, 0.15) is 17.7 Å². The molecule has 0 amide bonds. The number of halogens is 1. The lowest BCUT2D eigenvalue weighted by Crippen LogP contribution is -2.39. The molecule has 0 fully saturated rings. The van der Waals surface area contributed by atoms with Crippen molar-refractivity contribution in [3.8, 4) is 5.75 Å². The van der Waals surface area contributed by atoms with Crippen LogP contribution in [0.1, 0.15) is 28.3 Å². The Hall–Kier alpha value is -1.91. The first-order valence-electron chi connectivity index (χ1n) is 7.07. The predicted octanol–water partition coefficient (Wildman–Crippen LogP) is 2.95. The molecule has 21 heavy (non-hydrogen) atoms. The van der Waals surface area contributed by atoms with E-state index in [1.54, 1.807) is 0 Å². The molecule has 3 rings (SSSR count). The first kappa shape index (κ1) is 14.0. The maximum Gasteiger partial charge on any atom is 0.128 e. The number of benzene rings is 2. The lowest BCUT2D eigenvalue weighted by molar-refractivity contribution is 0.176. The molecule has 2 aromatic carbocycles. The van der Waals surface area contributed by atoms with Crippen molar-refractivity contribution in [1.82, 2.24) is 5.43 Å². The van der Waals surface area contributed by atoms with E-state index >= 15 is 0 Å². The number of ether oxygens (including phenoxy) is 1. The third-order valence-electron chi connectivity index (χ3n) is 4.02. The number of fused-ring (bicyclic) bond motifs is 1. The van der Waals surface area contributed by atoms with Gasteiger partial charge in [-0.15, -0.1) is 0 Å². The van der Waals surface area contributed by atoms with Crippen molar-refractivity contribution in [2.24, 2.45) is 5.84 Å². The van der Waals surface area contributed by atoms with Gasteiger partial charge in [-0.25, -0.2) is 9.82 Å². The SMILES string of the molecule is Cc1cc(C)c(C(NN)C2Cc3ccccc3O2)c(F)c1. The Morgan fingerprint density at radius 2 is 2.05 bits per heavy atom. The molecule has 0 bridgehead atoms. The zero-order chi connectivity index (χ0) is 15.0. The van der Waals surface area contributed by atoms with E-state index < -0.39 is 0 Å². The summed E-state index contributed by atoms with van der Waals surface area (Å²) in [5.74, 6) is 6.31. The van der Waals surface area contributed by atoms with E-state index in [0.29, 0.717) is 5.56 Å². The van der Waals surface area contributed by atoms with Crippen LogP contribution in [0.2, 0.25) is 0 Å². The van der Waals surface area contributed by atoms with Crippen LogP contribution in [0.25, 0.3) is 0 Å². The summed E-state index contributed by atoms with van der Waals surface area (Å²) in [6.45, 7) is 3.78. The zero-order valence-corrected chi connectivity index (χ0v) is 12.2. The second kappa shape index (κ2) is 5.47. The summed E-state index contributed by atoms with van der Waals surface area (Å²) in [6.07, 6.45) is 0.515. The topological polar surface area (TPSA) is 47.3 Å². The number of nitrogens with two attached hydrogens (primary N) is 1. The van der Waals surface area contributed by atoms with Crippen molar-refractivity contribution in [2.45, 2.75) is 32.4 Å². The van der Waals surface area contributed by atoms with E-state index in [2.05, 4.69) is 5.43 Å². The van der Waals surface area contributed by atoms with E-state index in [0.717, 1.165) is 28.9 Å². The Balaban J connectivity index is 1.94. The molecule has 0 aliphatic carbocycles. The van der Waals surface area contributed by atoms with E-state index in [4.69, 9.17) is 10.6 Å². The number of hydrogen-bond acceptors (Lipinski definition) is 3. The molecular formula is C17H19FN2O. The van der Waals surface area contributed by atoms with E-state index in [9.17, 15) is 4.39 Å². The minimum absolute atomic E-state index is 0.205. The van der Waals surface area contributed by atoms with E-state index in [-0.39, 0.29) is 18.0 Å². The smallest absolute Gasteiger partial charge is 0.128 e. The summed E-state index contributed by atoms with van der Waals surface area (Å²) >= 11 is 0. The van der Waals surface area contributed by atoms with E-state index in [1.807, 2.05) is 44.2 Å². The lowest BCUT2D eigenvalue weighted by Gasteiger charge is -2.25. The number of aryl methyl sites for hydroxylation is 2. The largest absolute Gasteiger partial charge is 0.488 e. The molecule has 0 aromatic heterocycles.